The van der Waals surface area contributed by atoms with Crippen LogP contribution in [0.1, 0.15) is 24.2 Å². The molecule has 0 unspecified atom stereocenters. The van der Waals surface area contributed by atoms with E-state index in [0.717, 1.165) is 0 Å². The number of benzene rings is 1. The lowest BCUT2D eigenvalue weighted by molar-refractivity contribution is 0.0528. The molecule has 0 amide bonds. The zero-order chi connectivity index (χ0) is 13.8. The second-order valence-corrected chi connectivity index (χ2v) is 3.85. The molecular weight excluding hydrogens is 246 g/mol. The minimum absolute atomic E-state index is 0.278. The van der Waals surface area contributed by atoms with E-state index in [2.05, 4.69) is 0 Å². The number of rotatable bonds is 3. The summed E-state index contributed by atoms with van der Waals surface area (Å²) in [6.45, 7) is 4.04. The second-order valence-electron chi connectivity index (χ2n) is 3.85. The fourth-order valence-electron chi connectivity index (χ4n) is 1.90. The van der Waals surface area contributed by atoms with Crippen LogP contribution in [0.3, 0.4) is 0 Å². The van der Waals surface area contributed by atoms with Crippen molar-refractivity contribution in [2.24, 2.45) is 0 Å². The molecule has 1 aromatic carbocycles. The van der Waals surface area contributed by atoms with Crippen LogP contribution in [0.4, 0.5) is 4.79 Å². The van der Waals surface area contributed by atoms with E-state index in [1.54, 1.807) is 38.1 Å². The topological polar surface area (TPSA) is 57.5 Å². The molecule has 2 rings (SSSR count). The van der Waals surface area contributed by atoms with Gasteiger partial charge in [-0.25, -0.2) is 9.59 Å². The third kappa shape index (κ3) is 2.45. The Balaban J connectivity index is 2.54. The summed E-state index contributed by atoms with van der Waals surface area (Å²) < 4.78 is 11.3. The van der Waals surface area contributed by atoms with Crippen molar-refractivity contribution in [2.75, 3.05) is 13.2 Å². The number of fused-ring (bicyclic) bond motifs is 1. The summed E-state index contributed by atoms with van der Waals surface area (Å²) in [6, 6.07) is 7.14. The molecule has 19 heavy (non-hydrogen) atoms. The Kier molecular flexibility index (Phi) is 3.85. The minimum atomic E-state index is -0.505. The summed E-state index contributed by atoms with van der Waals surface area (Å²) in [6.07, 6.45) is 0.954. The number of ether oxygens (including phenoxy) is 2. The van der Waals surface area contributed by atoms with Gasteiger partial charge in [0, 0.05) is 11.6 Å². The van der Waals surface area contributed by atoms with Crippen molar-refractivity contribution >= 4 is 23.0 Å². The van der Waals surface area contributed by atoms with Gasteiger partial charge in [0.15, 0.2) is 0 Å². The van der Waals surface area contributed by atoms with Crippen LogP contribution < -0.4 is 0 Å². The van der Waals surface area contributed by atoms with Crippen molar-refractivity contribution in [1.29, 1.82) is 0 Å². The van der Waals surface area contributed by atoms with Crippen LogP contribution in [-0.2, 0) is 9.47 Å². The van der Waals surface area contributed by atoms with Crippen LogP contribution in [0.2, 0.25) is 0 Å². The molecule has 2 aromatic rings. The minimum Gasteiger partial charge on any atom is -0.462 e. The molecule has 0 fully saturated rings. The fourth-order valence-corrected chi connectivity index (χ4v) is 1.90. The van der Waals surface area contributed by atoms with Crippen LogP contribution in [0.5, 0.6) is 0 Å². The van der Waals surface area contributed by atoms with E-state index >= 15 is 0 Å². The highest BCUT2D eigenvalue weighted by atomic mass is 16.5. The summed E-state index contributed by atoms with van der Waals surface area (Å²) in [5.74, 6) is -0.443. The molecule has 100 valence electrons. The zero-order valence-corrected chi connectivity index (χ0v) is 10.9. The van der Waals surface area contributed by atoms with Gasteiger partial charge in [-0.1, -0.05) is 18.2 Å². The highest BCUT2D eigenvalue weighted by Gasteiger charge is 2.19. The Morgan fingerprint density at radius 3 is 2.47 bits per heavy atom. The molecule has 0 spiro atoms. The van der Waals surface area contributed by atoms with E-state index in [1.165, 1.54) is 10.8 Å². The predicted octanol–water partition coefficient (Wildman–Crippen LogP) is 2.82. The number of hydrogen-bond donors (Lipinski definition) is 0. The van der Waals surface area contributed by atoms with Crippen LogP contribution in [0.25, 0.3) is 10.9 Å². The van der Waals surface area contributed by atoms with Crippen LogP contribution in [0.15, 0.2) is 30.5 Å². The standard InChI is InChI=1S/C14H15NO4/c1-3-18-13(16)11-9-15(14(17)19-4-2)12-8-6-5-7-10(11)12/h5-9H,3-4H2,1-2H3. The maximum atomic E-state index is 11.9. The third-order valence-corrected chi connectivity index (χ3v) is 2.67. The number of esters is 1. The Labute approximate surface area is 110 Å². The number of para-hydroxylation sites is 1. The molecule has 0 aliphatic rings. The van der Waals surface area contributed by atoms with E-state index < -0.39 is 12.1 Å². The largest absolute Gasteiger partial charge is 0.462 e. The summed E-state index contributed by atoms with van der Waals surface area (Å²) in [7, 11) is 0. The van der Waals surface area contributed by atoms with Gasteiger partial charge < -0.3 is 9.47 Å². The molecule has 0 N–H and O–H groups in total. The van der Waals surface area contributed by atoms with Crippen molar-refractivity contribution in [1.82, 2.24) is 4.57 Å². The number of hydrogen-bond acceptors (Lipinski definition) is 4. The van der Waals surface area contributed by atoms with E-state index in [-0.39, 0.29) is 13.2 Å². The third-order valence-electron chi connectivity index (χ3n) is 2.67. The van der Waals surface area contributed by atoms with E-state index in [1.807, 2.05) is 0 Å². The quantitative estimate of drug-likeness (QED) is 0.797. The van der Waals surface area contributed by atoms with Crippen molar-refractivity contribution in [2.45, 2.75) is 13.8 Å². The zero-order valence-electron chi connectivity index (χ0n) is 10.9. The van der Waals surface area contributed by atoms with Crippen LogP contribution >= 0.6 is 0 Å². The van der Waals surface area contributed by atoms with Gasteiger partial charge in [-0.2, -0.15) is 0 Å². The fraction of sp³-hybridized carbons (Fsp3) is 0.286. The predicted molar refractivity (Wildman–Crippen MR) is 70.3 cm³/mol. The molecule has 5 nitrogen and oxygen atoms in total. The average Bonchev–Trinajstić information content (AvgIpc) is 2.79. The maximum Gasteiger partial charge on any atom is 0.418 e. The van der Waals surface area contributed by atoms with Crippen molar-refractivity contribution in [3.8, 4) is 0 Å². The lowest BCUT2D eigenvalue weighted by Crippen LogP contribution is -2.12. The Morgan fingerprint density at radius 2 is 1.79 bits per heavy atom. The van der Waals surface area contributed by atoms with Gasteiger partial charge >= 0.3 is 12.1 Å². The molecule has 0 aliphatic heterocycles. The lowest BCUT2D eigenvalue weighted by atomic mass is 10.2. The Hall–Kier alpha value is -2.30. The first-order chi connectivity index (χ1) is 9.19. The van der Waals surface area contributed by atoms with Crippen molar-refractivity contribution in [3.05, 3.63) is 36.0 Å². The van der Waals surface area contributed by atoms with Crippen molar-refractivity contribution < 1.29 is 19.1 Å². The summed E-state index contributed by atoms with van der Waals surface area (Å²) in [4.78, 5) is 23.7. The smallest absolute Gasteiger partial charge is 0.418 e. The highest BCUT2D eigenvalue weighted by molar-refractivity contribution is 6.06. The molecule has 0 atom stereocenters. The number of aromatic nitrogens is 1. The van der Waals surface area contributed by atoms with Gasteiger partial charge in [-0.05, 0) is 19.9 Å². The first-order valence-electron chi connectivity index (χ1n) is 6.13. The van der Waals surface area contributed by atoms with E-state index in [9.17, 15) is 9.59 Å². The van der Waals surface area contributed by atoms with Crippen LogP contribution in [-0.4, -0.2) is 29.8 Å². The number of carbonyl (C=O) groups is 2. The van der Waals surface area contributed by atoms with E-state index in [0.29, 0.717) is 16.5 Å². The molecule has 0 aliphatic carbocycles. The van der Waals surface area contributed by atoms with E-state index in [4.69, 9.17) is 9.47 Å². The van der Waals surface area contributed by atoms with Crippen molar-refractivity contribution in [3.63, 3.8) is 0 Å². The van der Waals surface area contributed by atoms with Gasteiger partial charge in [0.25, 0.3) is 0 Å². The number of nitrogens with zero attached hydrogens (tertiary/aromatic N) is 1. The Morgan fingerprint density at radius 1 is 1.11 bits per heavy atom. The molecule has 0 bridgehead atoms. The van der Waals surface area contributed by atoms with Crippen LogP contribution in [0, 0.1) is 0 Å². The molecule has 5 heteroatoms. The van der Waals surface area contributed by atoms with Gasteiger partial charge in [0.05, 0.1) is 24.3 Å². The summed E-state index contributed by atoms with van der Waals surface area (Å²) in [5, 5.41) is 0.675. The Bertz CT molecular complexity index is 563. The van der Waals surface area contributed by atoms with Gasteiger partial charge in [0.2, 0.25) is 0 Å². The van der Waals surface area contributed by atoms with Gasteiger partial charge in [0.1, 0.15) is 0 Å². The second kappa shape index (κ2) is 5.56. The molecular formula is C14H15NO4. The first-order valence-corrected chi connectivity index (χ1v) is 6.13. The molecule has 1 heterocycles. The molecule has 0 saturated carbocycles. The summed E-state index contributed by atoms with van der Waals surface area (Å²) >= 11 is 0. The van der Waals surface area contributed by atoms with Gasteiger partial charge in [-0.15, -0.1) is 0 Å². The molecule has 0 saturated heterocycles. The average molecular weight is 261 g/mol. The summed E-state index contributed by atoms with van der Waals surface area (Å²) in [5.41, 5.74) is 0.995. The normalized spacial score (nSPS) is 10.4. The number of carbonyl (C=O) groups excluding carboxylic acids is 2. The molecule has 1 aromatic heterocycles. The van der Waals surface area contributed by atoms with Gasteiger partial charge in [-0.3, -0.25) is 4.57 Å². The SMILES string of the molecule is CCOC(=O)c1cn(C(=O)OCC)c2ccccc12. The maximum absolute atomic E-state index is 11.9. The first kappa shape index (κ1) is 13.1. The monoisotopic (exact) mass is 261 g/mol. The highest BCUT2D eigenvalue weighted by Crippen LogP contribution is 2.22. The lowest BCUT2D eigenvalue weighted by Gasteiger charge is -2.02. The molecule has 0 radical (unpaired) electrons.